The summed E-state index contributed by atoms with van der Waals surface area (Å²) >= 11 is 0. The van der Waals surface area contributed by atoms with Crippen LogP contribution in [0.25, 0.3) is 0 Å². The first kappa shape index (κ1) is 9.97. The van der Waals surface area contributed by atoms with Crippen molar-refractivity contribution in [2.24, 2.45) is 0 Å². The summed E-state index contributed by atoms with van der Waals surface area (Å²) < 4.78 is 36.3. The van der Waals surface area contributed by atoms with Crippen molar-refractivity contribution < 1.29 is 17.8 Å². The SMILES string of the molecule is Fc1cccc([C@@H]2CCOPO2)c1F. The number of rotatable bonds is 1. The number of halogens is 2. The van der Waals surface area contributed by atoms with Crippen molar-refractivity contribution in [3.05, 3.63) is 35.4 Å². The average Bonchev–Trinajstić information content (AvgIpc) is 2.23. The van der Waals surface area contributed by atoms with Crippen LogP contribution in [0.3, 0.4) is 0 Å². The molecule has 0 bridgehead atoms. The molecule has 1 heterocycles. The van der Waals surface area contributed by atoms with Gasteiger partial charge in [0.2, 0.25) is 0 Å². The van der Waals surface area contributed by atoms with Gasteiger partial charge in [-0.3, -0.25) is 0 Å². The van der Waals surface area contributed by atoms with Gasteiger partial charge in [0, 0.05) is 12.0 Å². The summed E-state index contributed by atoms with van der Waals surface area (Å²) in [4.78, 5) is 0. The molecule has 76 valence electrons. The Morgan fingerprint density at radius 2 is 2.21 bits per heavy atom. The average molecular weight is 218 g/mol. The van der Waals surface area contributed by atoms with Gasteiger partial charge in [-0.25, -0.2) is 8.78 Å². The molecule has 0 aromatic heterocycles. The first-order valence-electron chi connectivity index (χ1n) is 4.25. The minimum Gasteiger partial charge on any atom is -0.336 e. The van der Waals surface area contributed by atoms with Crippen LogP contribution in [0.15, 0.2) is 18.2 Å². The van der Waals surface area contributed by atoms with Gasteiger partial charge < -0.3 is 9.05 Å². The fraction of sp³-hybridized carbons (Fsp3) is 0.333. The van der Waals surface area contributed by atoms with E-state index in [0.29, 0.717) is 13.0 Å². The molecule has 0 spiro atoms. The van der Waals surface area contributed by atoms with Crippen molar-refractivity contribution in [1.82, 2.24) is 0 Å². The van der Waals surface area contributed by atoms with Crippen LogP contribution in [-0.4, -0.2) is 6.61 Å². The van der Waals surface area contributed by atoms with Gasteiger partial charge in [0.1, 0.15) is 0 Å². The van der Waals surface area contributed by atoms with E-state index < -0.39 is 11.6 Å². The summed E-state index contributed by atoms with van der Waals surface area (Å²) in [7, 11) is -0.0884. The van der Waals surface area contributed by atoms with Crippen molar-refractivity contribution in [1.29, 1.82) is 0 Å². The highest BCUT2D eigenvalue weighted by Gasteiger charge is 2.21. The zero-order valence-corrected chi connectivity index (χ0v) is 8.30. The van der Waals surface area contributed by atoms with Crippen LogP contribution in [0, 0.1) is 11.6 Å². The highest BCUT2D eigenvalue weighted by Crippen LogP contribution is 2.36. The second-order valence-corrected chi connectivity index (χ2v) is 3.66. The molecule has 1 fully saturated rings. The van der Waals surface area contributed by atoms with E-state index in [1.165, 1.54) is 6.07 Å². The summed E-state index contributed by atoms with van der Waals surface area (Å²) in [5, 5.41) is 0. The van der Waals surface area contributed by atoms with E-state index in [4.69, 9.17) is 9.05 Å². The van der Waals surface area contributed by atoms with Gasteiger partial charge in [0.25, 0.3) is 0 Å². The molecule has 14 heavy (non-hydrogen) atoms. The third kappa shape index (κ3) is 1.92. The largest absolute Gasteiger partial charge is 0.336 e. The van der Waals surface area contributed by atoms with Gasteiger partial charge in [0.15, 0.2) is 20.7 Å². The lowest BCUT2D eigenvalue weighted by Gasteiger charge is -2.22. The van der Waals surface area contributed by atoms with Crippen molar-refractivity contribution in [3.63, 3.8) is 0 Å². The normalized spacial score (nSPS) is 24.0. The highest BCUT2D eigenvalue weighted by molar-refractivity contribution is 7.26. The predicted octanol–water partition coefficient (Wildman–Crippen LogP) is 2.95. The van der Waals surface area contributed by atoms with Crippen LogP contribution in [-0.2, 0) is 9.05 Å². The molecule has 0 saturated carbocycles. The second-order valence-electron chi connectivity index (χ2n) is 2.97. The van der Waals surface area contributed by atoms with Crippen LogP contribution < -0.4 is 0 Å². The summed E-state index contributed by atoms with van der Waals surface area (Å²) in [6, 6.07) is 4.12. The molecule has 0 radical (unpaired) electrons. The first-order valence-corrected chi connectivity index (χ1v) is 5.07. The van der Waals surface area contributed by atoms with E-state index in [2.05, 4.69) is 0 Å². The minimum atomic E-state index is -0.832. The smallest absolute Gasteiger partial charge is 0.164 e. The van der Waals surface area contributed by atoms with E-state index in [1.807, 2.05) is 0 Å². The quantitative estimate of drug-likeness (QED) is 0.674. The van der Waals surface area contributed by atoms with Gasteiger partial charge >= 0.3 is 0 Å². The molecular weight excluding hydrogens is 209 g/mol. The maximum absolute atomic E-state index is 13.3. The molecule has 1 aromatic rings. The molecule has 1 aliphatic rings. The Morgan fingerprint density at radius 1 is 1.36 bits per heavy atom. The predicted molar refractivity (Wildman–Crippen MR) is 49.1 cm³/mol. The van der Waals surface area contributed by atoms with E-state index in [9.17, 15) is 8.78 Å². The second kappa shape index (κ2) is 4.30. The molecule has 0 amide bonds. The van der Waals surface area contributed by atoms with Crippen LogP contribution in [0.5, 0.6) is 0 Å². The standard InChI is InChI=1S/C9H9F2O2P/c10-7-3-1-2-6(9(7)11)8-4-5-12-14-13-8/h1-3,8,14H,4-5H2/t8-/m0/s1. The molecule has 0 N–H and O–H groups in total. The third-order valence-corrected chi connectivity index (χ3v) is 2.76. The Hall–Kier alpha value is -0.570. The lowest BCUT2D eigenvalue weighted by Crippen LogP contribution is -2.10. The van der Waals surface area contributed by atoms with Crippen LogP contribution in [0.4, 0.5) is 8.78 Å². The molecule has 1 aromatic carbocycles. The molecule has 1 saturated heterocycles. The molecule has 2 atom stereocenters. The van der Waals surface area contributed by atoms with Gasteiger partial charge in [0.05, 0.1) is 12.7 Å². The molecule has 1 unspecified atom stereocenters. The Bertz CT molecular complexity index is 327. The zero-order chi connectivity index (χ0) is 9.97. The lowest BCUT2D eigenvalue weighted by molar-refractivity contribution is 0.117. The zero-order valence-electron chi connectivity index (χ0n) is 7.30. The Balaban J connectivity index is 2.26. The molecule has 0 aliphatic carbocycles. The monoisotopic (exact) mass is 218 g/mol. The third-order valence-electron chi connectivity index (χ3n) is 2.06. The summed E-state index contributed by atoms with van der Waals surface area (Å²) in [6.07, 6.45) is 0.186. The molecular formula is C9H9F2O2P. The van der Waals surface area contributed by atoms with Crippen LogP contribution >= 0.6 is 9.03 Å². The van der Waals surface area contributed by atoms with Crippen LogP contribution in [0.2, 0.25) is 0 Å². The highest BCUT2D eigenvalue weighted by atomic mass is 31.1. The van der Waals surface area contributed by atoms with Crippen molar-refractivity contribution >= 4 is 9.03 Å². The van der Waals surface area contributed by atoms with Crippen molar-refractivity contribution in [2.45, 2.75) is 12.5 Å². The summed E-state index contributed by atoms with van der Waals surface area (Å²) in [5.74, 6) is -1.65. The molecule has 2 rings (SSSR count). The van der Waals surface area contributed by atoms with E-state index in [1.54, 1.807) is 6.07 Å². The van der Waals surface area contributed by atoms with E-state index in [0.717, 1.165) is 6.07 Å². The van der Waals surface area contributed by atoms with Gasteiger partial charge in [-0.15, -0.1) is 0 Å². The maximum Gasteiger partial charge on any atom is 0.164 e. The van der Waals surface area contributed by atoms with E-state index >= 15 is 0 Å². The Morgan fingerprint density at radius 3 is 2.93 bits per heavy atom. The summed E-state index contributed by atoms with van der Waals surface area (Å²) in [5.41, 5.74) is 0.279. The molecule has 5 heteroatoms. The van der Waals surface area contributed by atoms with Gasteiger partial charge in [-0.1, -0.05) is 12.1 Å². The Kier molecular flexibility index (Phi) is 3.06. The topological polar surface area (TPSA) is 18.5 Å². The van der Waals surface area contributed by atoms with Gasteiger partial charge in [-0.05, 0) is 6.07 Å². The lowest BCUT2D eigenvalue weighted by atomic mass is 10.1. The summed E-state index contributed by atoms with van der Waals surface area (Å²) in [6.45, 7) is 0.527. The number of hydrogen-bond donors (Lipinski definition) is 0. The first-order chi connectivity index (χ1) is 6.79. The van der Waals surface area contributed by atoms with Gasteiger partial charge in [-0.2, -0.15) is 0 Å². The van der Waals surface area contributed by atoms with Crippen molar-refractivity contribution in [2.75, 3.05) is 6.61 Å². The fourth-order valence-corrected chi connectivity index (χ4v) is 1.98. The van der Waals surface area contributed by atoms with Crippen LogP contribution in [0.1, 0.15) is 18.1 Å². The number of hydrogen-bond acceptors (Lipinski definition) is 2. The number of benzene rings is 1. The molecule has 1 aliphatic heterocycles. The van der Waals surface area contributed by atoms with Crippen molar-refractivity contribution in [3.8, 4) is 0 Å². The fourth-order valence-electron chi connectivity index (χ4n) is 1.35. The minimum absolute atomic E-state index is 0.0884. The molecule has 2 nitrogen and oxygen atoms in total. The Labute approximate surface area is 82.2 Å². The maximum atomic E-state index is 13.3. The van der Waals surface area contributed by atoms with E-state index in [-0.39, 0.29) is 20.7 Å².